The topological polar surface area (TPSA) is 116 Å². The average molecular weight is 461 g/mol. The predicted molar refractivity (Wildman–Crippen MR) is 121 cm³/mol. The number of anilines is 1. The molecule has 0 unspecified atom stereocenters. The quantitative estimate of drug-likeness (QED) is 0.195. The van der Waals surface area contributed by atoms with Crippen LogP contribution in [0.1, 0.15) is 40.0 Å². The maximum absolute atomic E-state index is 12.6. The number of benzene rings is 1. The minimum absolute atomic E-state index is 0.00536. The number of nitrogens with one attached hydrogen (secondary N) is 1. The lowest BCUT2D eigenvalue weighted by atomic mass is 9.68. The van der Waals surface area contributed by atoms with Gasteiger partial charge < -0.3 is 24.3 Å². The second-order valence-electron chi connectivity index (χ2n) is 9.56. The number of nitro groups is 1. The Kier molecular flexibility index (Phi) is 6.48. The van der Waals surface area contributed by atoms with Gasteiger partial charge in [-0.2, -0.15) is 0 Å². The lowest BCUT2D eigenvalue weighted by molar-refractivity contribution is -0.384. The summed E-state index contributed by atoms with van der Waals surface area (Å²) >= 11 is 0. The number of allylic oxidation sites excluding steroid dienone is 1. The first-order valence-electron chi connectivity index (χ1n) is 11.3. The van der Waals surface area contributed by atoms with Crippen LogP contribution in [0.25, 0.3) is 0 Å². The summed E-state index contributed by atoms with van der Waals surface area (Å²) in [6.07, 6.45) is 3.84. The van der Waals surface area contributed by atoms with Gasteiger partial charge in [-0.25, -0.2) is 0 Å². The largest absolute Gasteiger partial charge is 0.458 e. The zero-order valence-electron chi connectivity index (χ0n) is 19.5. The number of non-ortho nitro benzene ring substituents is 1. The maximum Gasteiger partial charge on any atom is 0.325 e. The Labute approximate surface area is 193 Å². The molecule has 1 saturated carbocycles. The summed E-state index contributed by atoms with van der Waals surface area (Å²) in [5.74, 6) is -0.436. The Balaban J connectivity index is 1.38. The molecule has 0 radical (unpaired) electrons. The third-order valence-electron chi connectivity index (χ3n) is 7.03. The van der Waals surface area contributed by atoms with Crippen LogP contribution >= 0.6 is 0 Å². The Morgan fingerprint density at radius 2 is 2.03 bits per heavy atom. The first-order chi connectivity index (χ1) is 15.7. The molecular weight excluding hydrogens is 428 g/mol. The van der Waals surface area contributed by atoms with E-state index < -0.39 is 17.0 Å². The number of epoxide rings is 2. The smallest absolute Gasteiger partial charge is 0.325 e. The molecule has 0 amide bonds. The number of ether oxygens (including phenoxy) is 4. The van der Waals surface area contributed by atoms with Crippen molar-refractivity contribution in [2.24, 2.45) is 5.92 Å². The minimum atomic E-state index is -0.465. The molecule has 2 aliphatic heterocycles. The molecule has 1 aromatic carbocycles. The summed E-state index contributed by atoms with van der Waals surface area (Å²) < 4.78 is 23.8. The standard InChI is InChI=1S/C24H32N2O7/c1-15(2)5-10-19-23(3,33-19)22-21(30-4)18(11-12-24(22)14-31-24)32-20(27)13-25-16-6-8-17(9-7-16)26(28)29/h5-9,18-19,21-22,25H,10-14H2,1-4H3/t18-,19-,21-,22-,23-,24+/m1/s1. The second kappa shape index (κ2) is 9.04. The number of esters is 1. The van der Waals surface area contributed by atoms with Crippen molar-refractivity contribution in [3.63, 3.8) is 0 Å². The third kappa shape index (κ3) is 4.90. The van der Waals surface area contributed by atoms with E-state index in [1.807, 2.05) is 0 Å². The van der Waals surface area contributed by atoms with E-state index in [0.29, 0.717) is 18.7 Å². The van der Waals surface area contributed by atoms with Crippen molar-refractivity contribution in [3.8, 4) is 0 Å². The maximum atomic E-state index is 12.6. The van der Waals surface area contributed by atoms with E-state index in [2.05, 4.69) is 32.2 Å². The summed E-state index contributed by atoms with van der Waals surface area (Å²) in [6, 6.07) is 5.90. The van der Waals surface area contributed by atoms with Crippen LogP contribution < -0.4 is 5.32 Å². The van der Waals surface area contributed by atoms with E-state index in [9.17, 15) is 14.9 Å². The molecule has 6 atom stereocenters. The summed E-state index contributed by atoms with van der Waals surface area (Å²) in [4.78, 5) is 22.9. The molecule has 2 saturated heterocycles. The number of rotatable bonds is 9. The van der Waals surface area contributed by atoms with Gasteiger partial charge in [0.2, 0.25) is 0 Å². The molecule has 180 valence electrons. The highest BCUT2D eigenvalue weighted by molar-refractivity contribution is 5.75. The van der Waals surface area contributed by atoms with Gasteiger partial charge in [0, 0.05) is 24.9 Å². The Morgan fingerprint density at radius 1 is 1.33 bits per heavy atom. The minimum Gasteiger partial charge on any atom is -0.458 e. The van der Waals surface area contributed by atoms with Crippen molar-refractivity contribution >= 4 is 17.3 Å². The summed E-state index contributed by atoms with van der Waals surface area (Å²) in [6.45, 7) is 6.88. The van der Waals surface area contributed by atoms with E-state index in [-0.39, 0.29) is 41.6 Å². The molecule has 1 spiro atoms. The van der Waals surface area contributed by atoms with Crippen LogP contribution in [0.4, 0.5) is 11.4 Å². The van der Waals surface area contributed by atoms with Gasteiger partial charge in [0.1, 0.15) is 30.0 Å². The molecule has 33 heavy (non-hydrogen) atoms. The second-order valence-corrected chi connectivity index (χ2v) is 9.56. The molecule has 1 aromatic rings. The Morgan fingerprint density at radius 3 is 2.61 bits per heavy atom. The van der Waals surface area contributed by atoms with Gasteiger partial charge >= 0.3 is 5.97 Å². The van der Waals surface area contributed by atoms with E-state index in [0.717, 1.165) is 12.8 Å². The van der Waals surface area contributed by atoms with Crippen LogP contribution in [0, 0.1) is 16.0 Å². The number of nitrogens with zero attached hydrogens (tertiary/aromatic N) is 1. The number of carbonyl (C=O) groups is 1. The van der Waals surface area contributed by atoms with Gasteiger partial charge in [-0.15, -0.1) is 0 Å². The summed E-state index contributed by atoms with van der Waals surface area (Å²) in [7, 11) is 1.64. The van der Waals surface area contributed by atoms with E-state index in [4.69, 9.17) is 18.9 Å². The van der Waals surface area contributed by atoms with E-state index >= 15 is 0 Å². The van der Waals surface area contributed by atoms with Crippen LogP contribution in [0.3, 0.4) is 0 Å². The van der Waals surface area contributed by atoms with Crippen molar-refractivity contribution < 1.29 is 28.7 Å². The Bertz CT molecular complexity index is 923. The fourth-order valence-electron chi connectivity index (χ4n) is 5.16. The molecule has 9 heteroatoms. The molecule has 3 aliphatic rings. The van der Waals surface area contributed by atoms with Gasteiger partial charge in [-0.3, -0.25) is 14.9 Å². The molecule has 0 bridgehead atoms. The highest BCUT2D eigenvalue weighted by Gasteiger charge is 2.72. The van der Waals surface area contributed by atoms with Crippen LogP contribution in [0.2, 0.25) is 0 Å². The van der Waals surface area contributed by atoms with Crippen LogP contribution in [-0.2, 0) is 23.7 Å². The number of methoxy groups -OCH3 is 1. The molecular formula is C24H32N2O7. The highest BCUT2D eigenvalue weighted by atomic mass is 16.6. The van der Waals surface area contributed by atoms with Crippen LogP contribution in [0.15, 0.2) is 35.9 Å². The van der Waals surface area contributed by atoms with Gasteiger partial charge in [-0.05, 0) is 52.2 Å². The molecule has 0 aromatic heterocycles. The van der Waals surface area contributed by atoms with Crippen molar-refractivity contribution in [1.82, 2.24) is 0 Å². The zero-order valence-corrected chi connectivity index (χ0v) is 19.5. The number of hydrogen-bond acceptors (Lipinski definition) is 8. The lowest BCUT2D eigenvalue weighted by Crippen LogP contribution is -2.55. The molecule has 3 fully saturated rings. The van der Waals surface area contributed by atoms with Gasteiger partial charge in [-0.1, -0.05) is 11.6 Å². The van der Waals surface area contributed by atoms with Crippen molar-refractivity contribution in [1.29, 1.82) is 0 Å². The van der Waals surface area contributed by atoms with Crippen molar-refractivity contribution in [2.45, 2.75) is 69.5 Å². The van der Waals surface area contributed by atoms with Crippen LogP contribution in [0.5, 0.6) is 0 Å². The lowest BCUT2D eigenvalue weighted by Gasteiger charge is -2.42. The van der Waals surface area contributed by atoms with E-state index in [1.165, 1.54) is 17.7 Å². The van der Waals surface area contributed by atoms with Gasteiger partial charge in [0.15, 0.2) is 0 Å². The first-order valence-corrected chi connectivity index (χ1v) is 11.3. The summed E-state index contributed by atoms with van der Waals surface area (Å²) in [5, 5.41) is 13.7. The third-order valence-corrected chi connectivity index (χ3v) is 7.03. The average Bonchev–Trinajstić information content (AvgIpc) is 3.69. The van der Waals surface area contributed by atoms with Crippen molar-refractivity contribution in [2.75, 3.05) is 25.6 Å². The monoisotopic (exact) mass is 460 g/mol. The summed E-state index contributed by atoms with van der Waals surface area (Å²) in [5.41, 5.74) is 1.20. The number of carbonyl (C=O) groups excluding carboxylic acids is 1. The number of nitro benzene ring substituents is 1. The van der Waals surface area contributed by atoms with Gasteiger partial charge in [0.25, 0.3) is 5.69 Å². The molecule has 2 heterocycles. The molecule has 1 aliphatic carbocycles. The van der Waals surface area contributed by atoms with E-state index in [1.54, 1.807) is 19.2 Å². The molecule has 1 N–H and O–H groups in total. The van der Waals surface area contributed by atoms with Crippen molar-refractivity contribution in [3.05, 3.63) is 46.0 Å². The SMILES string of the molecule is CO[C@@H]1[C@H](OC(=O)CNc2ccc([N+](=O)[O-])cc2)CC[C@]2(CO2)[C@H]1[C@]1(C)O[C@@H]1CC=C(C)C. The normalized spacial score (nSPS) is 34.4. The Hall–Kier alpha value is -2.49. The highest BCUT2D eigenvalue weighted by Crippen LogP contribution is 2.59. The van der Waals surface area contributed by atoms with Crippen LogP contribution in [-0.4, -0.2) is 60.7 Å². The fraction of sp³-hybridized carbons (Fsp3) is 0.625. The number of hydrogen-bond donors (Lipinski definition) is 1. The predicted octanol–water partition coefficient (Wildman–Crippen LogP) is 3.63. The van der Waals surface area contributed by atoms with Gasteiger partial charge in [0.05, 0.1) is 23.6 Å². The zero-order chi connectivity index (χ0) is 23.8. The first kappa shape index (κ1) is 23.7. The molecule has 9 nitrogen and oxygen atoms in total. The fourth-order valence-corrected chi connectivity index (χ4v) is 5.16. The molecule has 4 rings (SSSR count).